The van der Waals surface area contributed by atoms with Gasteiger partial charge in [-0.2, -0.15) is 0 Å². The molecule has 0 amide bonds. The summed E-state index contributed by atoms with van der Waals surface area (Å²) in [5, 5.41) is 5.55. The number of aromatic nitrogens is 1. The molecule has 0 saturated heterocycles. The van der Waals surface area contributed by atoms with Gasteiger partial charge in [0.2, 0.25) is 0 Å². The molecular formula is C10H10BrNO3S2. The van der Waals surface area contributed by atoms with Crippen LogP contribution in [0.3, 0.4) is 0 Å². The number of hydrogen-bond donors (Lipinski definition) is 0. The van der Waals surface area contributed by atoms with Crippen molar-refractivity contribution in [2.45, 2.75) is 18.4 Å². The van der Waals surface area contributed by atoms with E-state index in [-0.39, 0.29) is 11.5 Å². The maximum atomic E-state index is 11.9. The third-order valence-electron chi connectivity index (χ3n) is 2.03. The van der Waals surface area contributed by atoms with E-state index in [1.54, 1.807) is 13.0 Å². The quantitative estimate of drug-likeness (QED) is 0.861. The van der Waals surface area contributed by atoms with E-state index in [0.29, 0.717) is 11.5 Å². The Morgan fingerprint density at radius 1 is 1.41 bits per heavy atom. The van der Waals surface area contributed by atoms with Crippen LogP contribution in [0.4, 0.5) is 0 Å². The number of nitrogens with zero attached hydrogens (tertiary/aromatic N) is 1. The molecule has 0 aromatic carbocycles. The second kappa shape index (κ2) is 4.91. The van der Waals surface area contributed by atoms with E-state index in [2.05, 4.69) is 21.1 Å². The fraction of sp³-hybridized carbons (Fsp3) is 0.300. The summed E-state index contributed by atoms with van der Waals surface area (Å²) >= 11 is 4.72. The van der Waals surface area contributed by atoms with Crippen molar-refractivity contribution < 1.29 is 12.9 Å². The highest BCUT2D eigenvalue weighted by molar-refractivity contribution is 9.10. The maximum absolute atomic E-state index is 11.9. The van der Waals surface area contributed by atoms with E-state index in [0.717, 1.165) is 9.35 Å². The first-order chi connectivity index (χ1) is 7.94. The second-order valence-electron chi connectivity index (χ2n) is 3.69. The molecule has 17 heavy (non-hydrogen) atoms. The lowest BCUT2D eigenvalue weighted by molar-refractivity contribution is 0.392. The second-order valence-corrected chi connectivity index (χ2v) is 7.67. The standard InChI is InChI=1S/C10H10BrNO3S2/c1-7-2-9(12-15-7)5-17(13,14)6-10-3-8(11)4-16-10/h2-4H,5-6H2,1H3. The summed E-state index contributed by atoms with van der Waals surface area (Å²) in [6, 6.07) is 3.46. The van der Waals surface area contributed by atoms with Gasteiger partial charge in [0.15, 0.2) is 9.84 Å². The van der Waals surface area contributed by atoms with Crippen molar-refractivity contribution in [3.8, 4) is 0 Å². The first kappa shape index (κ1) is 12.8. The minimum Gasteiger partial charge on any atom is -0.361 e. The smallest absolute Gasteiger partial charge is 0.161 e. The monoisotopic (exact) mass is 335 g/mol. The molecule has 2 heterocycles. The zero-order valence-electron chi connectivity index (χ0n) is 9.01. The Kier molecular flexibility index (Phi) is 3.70. The van der Waals surface area contributed by atoms with Crippen LogP contribution in [0.1, 0.15) is 16.3 Å². The topological polar surface area (TPSA) is 60.2 Å². The lowest BCUT2D eigenvalue weighted by Gasteiger charge is -1.98. The highest BCUT2D eigenvalue weighted by Gasteiger charge is 2.16. The molecule has 7 heteroatoms. The van der Waals surface area contributed by atoms with Gasteiger partial charge in [-0.3, -0.25) is 0 Å². The van der Waals surface area contributed by atoms with E-state index in [1.165, 1.54) is 11.3 Å². The number of aryl methyl sites for hydroxylation is 1. The minimum absolute atomic E-state index is 0.0369. The van der Waals surface area contributed by atoms with Gasteiger partial charge in [0.05, 0.1) is 17.2 Å². The summed E-state index contributed by atoms with van der Waals surface area (Å²) in [7, 11) is -3.19. The summed E-state index contributed by atoms with van der Waals surface area (Å²) < 4.78 is 29.5. The minimum atomic E-state index is -3.19. The fourth-order valence-corrected chi connectivity index (χ4v) is 4.66. The van der Waals surface area contributed by atoms with Gasteiger partial charge < -0.3 is 4.52 Å². The van der Waals surface area contributed by atoms with Crippen molar-refractivity contribution in [3.63, 3.8) is 0 Å². The summed E-state index contributed by atoms with van der Waals surface area (Å²) in [5.74, 6) is 0.573. The molecule has 2 rings (SSSR count). The molecule has 0 fully saturated rings. The highest BCUT2D eigenvalue weighted by Crippen LogP contribution is 2.22. The van der Waals surface area contributed by atoms with Gasteiger partial charge in [-0.15, -0.1) is 11.3 Å². The number of thiophene rings is 1. The van der Waals surface area contributed by atoms with Gasteiger partial charge in [0.25, 0.3) is 0 Å². The molecule has 0 atom stereocenters. The Morgan fingerprint density at radius 2 is 2.18 bits per heavy atom. The molecule has 4 nitrogen and oxygen atoms in total. The van der Waals surface area contributed by atoms with Crippen LogP contribution in [0.15, 0.2) is 26.5 Å². The van der Waals surface area contributed by atoms with Gasteiger partial charge >= 0.3 is 0 Å². The van der Waals surface area contributed by atoms with Crippen molar-refractivity contribution in [1.29, 1.82) is 0 Å². The van der Waals surface area contributed by atoms with Crippen molar-refractivity contribution in [1.82, 2.24) is 5.16 Å². The fourth-order valence-electron chi connectivity index (χ4n) is 1.41. The van der Waals surface area contributed by atoms with Crippen molar-refractivity contribution in [3.05, 3.63) is 38.3 Å². The first-order valence-corrected chi connectivity index (χ1v) is 8.29. The summed E-state index contributed by atoms with van der Waals surface area (Å²) in [4.78, 5) is 0.817. The van der Waals surface area contributed by atoms with Gasteiger partial charge in [0.1, 0.15) is 5.76 Å². The molecule has 0 radical (unpaired) electrons. The Bertz CT molecular complexity index is 567. The summed E-state index contributed by atoms with van der Waals surface area (Å²) in [6.45, 7) is 1.74. The Hall–Kier alpha value is -0.660. The molecule has 2 aromatic rings. The molecule has 0 unspecified atom stereocenters. The average Bonchev–Trinajstić information content (AvgIpc) is 2.74. The largest absolute Gasteiger partial charge is 0.361 e. The molecule has 0 saturated carbocycles. The van der Waals surface area contributed by atoms with E-state index >= 15 is 0 Å². The van der Waals surface area contributed by atoms with Crippen LogP contribution in [0.5, 0.6) is 0 Å². The van der Waals surface area contributed by atoms with Crippen LogP contribution in [0.25, 0.3) is 0 Å². The van der Waals surface area contributed by atoms with Crippen LogP contribution in [-0.2, 0) is 21.3 Å². The van der Waals surface area contributed by atoms with Crippen LogP contribution < -0.4 is 0 Å². The predicted molar refractivity (Wildman–Crippen MR) is 69.6 cm³/mol. The van der Waals surface area contributed by atoms with Gasteiger partial charge in [-0.25, -0.2) is 8.42 Å². The van der Waals surface area contributed by atoms with E-state index < -0.39 is 9.84 Å². The molecule has 92 valence electrons. The highest BCUT2D eigenvalue weighted by atomic mass is 79.9. The van der Waals surface area contributed by atoms with Crippen LogP contribution in [0.2, 0.25) is 0 Å². The molecular weight excluding hydrogens is 326 g/mol. The summed E-state index contributed by atoms with van der Waals surface area (Å²) in [5.41, 5.74) is 0.457. The molecule has 0 aliphatic heterocycles. The Morgan fingerprint density at radius 3 is 2.71 bits per heavy atom. The van der Waals surface area contributed by atoms with Gasteiger partial charge in [-0.05, 0) is 28.9 Å². The van der Waals surface area contributed by atoms with Crippen LogP contribution in [-0.4, -0.2) is 13.6 Å². The normalized spacial score (nSPS) is 11.9. The zero-order valence-corrected chi connectivity index (χ0v) is 12.2. The maximum Gasteiger partial charge on any atom is 0.161 e. The Labute approximate surface area is 112 Å². The molecule has 0 N–H and O–H groups in total. The van der Waals surface area contributed by atoms with Crippen LogP contribution in [0, 0.1) is 6.92 Å². The van der Waals surface area contributed by atoms with Crippen molar-refractivity contribution in [2.75, 3.05) is 0 Å². The van der Waals surface area contributed by atoms with Gasteiger partial charge in [-0.1, -0.05) is 5.16 Å². The SMILES string of the molecule is Cc1cc(CS(=O)(=O)Cc2cc(Br)cs2)no1. The third kappa shape index (κ3) is 3.65. The van der Waals surface area contributed by atoms with Crippen molar-refractivity contribution >= 4 is 37.1 Å². The number of halogens is 1. The Balaban J connectivity index is 2.09. The van der Waals surface area contributed by atoms with E-state index in [4.69, 9.17) is 4.52 Å². The van der Waals surface area contributed by atoms with E-state index in [1.807, 2.05) is 11.4 Å². The molecule has 2 aromatic heterocycles. The average molecular weight is 336 g/mol. The zero-order chi connectivity index (χ0) is 12.5. The third-order valence-corrected chi connectivity index (χ3v) is 5.40. The van der Waals surface area contributed by atoms with Crippen molar-refractivity contribution in [2.24, 2.45) is 0 Å². The number of rotatable bonds is 4. The number of hydrogen-bond acceptors (Lipinski definition) is 5. The molecule has 0 aliphatic rings. The lowest BCUT2D eigenvalue weighted by Crippen LogP contribution is -2.06. The molecule has 0 bridgehead atoms. The van der Waals surface area contributed by atoms with Crippen LogP contribution >= 0.6 is 27.3 Å². The molecule has 0 aliphatic carbocycles. The number of sulfone groups is 1. The summed E-state index contributed by atoms with van der Waals surface area (Å²) in [6.07, 6.45) is 0. The molecule has 0 spiro atoms. The lowest BCUT2D eigenvalue weighted by atomic mass is 10.4. The van der Waals surface area contributed by atoms with E-state index in [9.17, 15) is 8.42 Å². The van der Waals surface area contributed by atoms with Gasteiger partial charge in [0, 0.05) is 20.8 Å². The first-order valence-electron chi connectivity index (χ1n) is 4.80. The predicted octanol–water partition coefficient (Wildman–Crippen LogP) is 2.92.